The molecule has 2 aromatic carbocycles. The molecule has 1 fully saturated rings. The number of halogens is 2. The van der Waals surface area contributed by atoms with Crippen molar-refractivity contribution in [3.63, 3.8) is 0 Å². The zero-order valence-corrected chi connectivity index (χ0v) is 14.1. The molecule has 0 bridgehead atoms. The number of nitrogens with one attached hydrogen (secondary N) is 1. The number of hydrogen-bond acceptors (Lipinski definition) is 2. The van der Waals surface area contributed by atoms with E-state index in [-0.39, 0.29) is 23.6 Å². The van der Waals surface area contributed by atoms with Gasteiger partial charge in [-0.3, -0.25) is 4.79 Å². The SMILES string of the molecule is O=C1CCC(CCNCc2ccc(F)cc2)N1Cc1cccc(F)c1. The number of hydrogen-bond donors (Lipinski definition) is 1. The molecule has 25 heavy (non-hydrogen) atoms. The van der Waals surface area contributed by atoms with Crippen LogP contribution in [-0.2, 0) is 17.9 Å². The minimum absolute atomic E-state index is 0.132. The smallest absolute Gasteiger partial charge is 0.223 e. The number of amides is 1. The maximum Gasteiger partial charge on any atom is 0.223 e. The van der Waals surface area contributed by atoms with Crippen molar-refractivity contribution >= 4 is 5.91 Å². The van der Waals surface area contributed by atoms with Crippen LogP contribution in [0.3, 0.4) is 0 Å². The number of carbonyl (C=O) groups is 1. The maximum absolute atomic E-state index is 13.3. The molecule has 5 heteroatoms. The van der Waals surface area contributed by atoms with Crippen LogP contribution in [0.25, 0.3) is 0 Å². The fourth-order valence-corrected chi connectivity index (χ4v) is 3.25. The quantitative estimate of drug-likeness (QED) is 0.778. The molecule has 1 atom stereocenters. The Kier molecular flexibility index (Phi) is 5.76. The summed E-state index contributed by atoms with van der Waals surface area (Å²) in [6.07, 6.45) is 2.24. The van der Waals surface area contributed by atoms with E-state index in [4.69, 9.17) is 0 Å². The lowest BCUT2D eigenvalue weighted by atomic mass is 10.1. The van der Waals surface area contributed by atoms with Crippen molar-refractivity contribution in [2.24, 2.45) is 0 Å². The molecule has 1 aliphatic heterocycles. The van der Waals surface area contributed by atoms with E-state index in [0.29, 0.717) is 19.5 Å². The standard InChI is InChI=1S/C20H22F2N2O/c21-17-6-4-15(5-7-17)13-23-11-10-19-8-9-20(25)24(19)14-16-2-1-3-18(22)12-16/h1-7,12,19,23H,8-11,13-14H2. The zero-order chi connectivity index (χ0) is 17.6. The van der Waals surface area contributed by atoms with Gasteiger partial charge in [-0.05, 0) is 54.8 Å². The molecule has 3 nitrogen and oxygen atoms in total. The van der Waals surface area contributed by atoms with E-state index in [2.05, 4.69) is 5.32 Å². The molecule has 2 aromatic rings. The number of rotatable bonds is 7. The molecule has 0 aromatic heterocycles. The fourth-order valence-electron chi connectivity index (χ4n) is 3.25. The van der Waals surface area contributed by atoms with E-state index in [9.17, 15) is 13.6 Å². The molecule has 1 N–H and O–H groups in total. The first kappa shape index (κ1) is 17.5. The molecule has 0 saturated carbocycles. The summed E-state index contributed by atoms with van der Waals surface area (Å²) in [5, 5.41) is 3.34. The van der Waals surface area contributed by atoms with Crippen molar-refractivity contribution in [3.8, 4) is 0 Å². The predicted octanol–water partition coefficient (Wildman–Crippen LogP) is 3.64. The van der Waals surface area contributed by atoms with Gasteiger partial charge in [0.25, 0.3) is 0 Å². The second-order valence-corrected chi connectivity index (χ2v) is 6.44. The molecular formula is C20H22F2N2O. The van der Waals surface area contributed by atoms with Gasteiger partial charge in [0.1, 0.15) is 11.6 Å². The van der Waals surface area contributed by atoms with E-state index in [1.165, 1.54) is 24.3 Å². The van der Waals surface area contributed by atoms with Crippen molar-refractivity contribution in [1.82, 2.24) is 10.2 Å². The lowest BCUT2D eigenvalue weighted by Gasteiger charge is -2.25. The monoisotopic (exact) mass is 344 g/mol. The van der Waals surface area contributed by atoms with Gasteiger partial charge in [-0.15, -0.1) is 0 Å². The molecule has 3 rings (SSSR count). The Hall–Kier alpha value is -2.27. The molecule has 0 spiro atoms. The van der Waals surface area contributed by atoms with Gasteiger partial charge in [0.05, 0.1) is 0 Å². The van der Waals surface area contributed by atoms with Gasteiger partial charge in [-0.25, -0.2) is 8.78 Å². The maximum atomic E-state index is 13.3. The Balaban J connectivity index is 1.49. The van der Waals surface area contributed by atoms with E-state index in [1.54, 1.807) is 18.2 Å². The zero-order valence-electron chi connectivity index (χ0n) is 14.1. The van der Waals surface area contributed by atoms with Gasteiger partial charge >= 0.3 is 0 Å². The third-order valence-corrected chi connectivity index (χ3v) is 4.59. The number of nitrogens with zero attached hydrogens (tertiary/aromatic N) is 1. The Morgan fingerprint density at radius 3 is 2.60 bits per heavy atom. The van der Waals surface area contributed by atoms with Crippen molar-refractivity contribution in [3.05, 3.63) is 71.3 Å². The second kappa shape index (κ2) is 8.21. The lowest BCUT2D eigenvalue weighted by Crippen LogP contribution is -2.34. The third-order valence-electron chi connectivity index (χ3n) is 4.59. The van der Waals surface area contributed by atoms with Crippen LogP contribution in [0.5, 0.6) is 0 Å². The normalized spacial score (nSPS) is 17.3. The highest BCUT2D eigenvalue weighted by atomic mass is 19.1. The first-order valence-corrected chi connectivity index (χ1v) is 8.61. The van der Waals surface area contributed by atoms with Gasteiger partial charge in [0.2, 0.25) is 5.91 Å². The summed E-state index contributed by atoms with van der Waals surface area (Å²) in [5.41, 5.74) is 1.85. The number of carbonyl (C=O) groups excluding carboxylic acids is 1. The lowest BCUT2D eigenvalue weighted by molar-refractivity contribution is -0.129. The van der Waals surface area contributed by atoms with Crippen LogP contribution in [0.4, 0.5) is 8.78 Å². The highest BCUT2D eigenvalue weighted by molar-refractivity contribution is 5.78. The summed E-state index contributed by atoms with van der Waals surface area (Å²) in [7, 11) is 0. The molecule has 1 aliphatic rings. The van der Waals surface area contributed by atoms with E-state index >= 15 is 0 Å². The Labute approximate surface area is 146 Å². The van der Waals surface area contributed by atoms with E-state index < -0.39 is 0 Å². The highest BCUT2D eigenvalue weighted by Crippen LogP contribution is 2.23. The van der Waals surface area contributed by atoms with Crippen LogP contribution < -0.4 is 5.32 Å². The third kappa shape index (κ3) is 4.86. The summed E-state index contributed by atoms with van der Waals surface area (Å²) in [5.74, 6) is -0.379. The second-order valence-electron chi connectivity index (χ2n) is 6.44. The predicted molar refractivity (Wildman–Crippen MR) is 92.7 cm³/mol. The van der Waals surface area contributed by atoms with Crippen molar-refractivity contribution < 1.29 is 13.6 Å². The molecule has 132 valence electrons. The summed E-state index contributed by atoms with van der Waals surface area (Å²) in [6, 6.07) is 13.0. The van der Waals surface area contributed by atoms with Crippen LogP contribution in [0.2, 0.25) is 0 Å². The van der Waals surface area contributed by atoms with Gasteiger partial charge < -0.3 is 10.2 Å². The summed E-state index contributed by atoms with van der Waals surface area (Å²) in [6.45, 7) is 1.90. The van der Waals surface area contributed by atoms with Crippen molar-refractivity contribution in [2.75, 3.05) is 6.54 Å². The van der Waals surface area contributed by atoms with Crippen LogP contribution in [0, 0.1) is 11.6 Å². The first-order chi connectivity index (χ1) is 12.1. The molecule has 1 heterocycles. The van der Waals surface area contributed by atoms with Crippen molar-refractivity contribution in [1.29, 1.82) is 0 Å². The molecule has 1 unspecified atom stereocenters. The Morgan fingerprint density at radius 2 is 1.84 bits per heavy atom. The molecule has 0 radical (unpaired) electrons. The minimum atomic E-state index is -0.276. The molecule has 0 aliphatic carbocycles. The average Bonchev–Trinajstić information content (AvgIpc) is 2.94. The molecule has 1 saturated heterocycles. The van der Waals surface area contributed by atoms with E-state index in [1.807, 2.05) is 11.0 Å². The van der Waals surface area contributed by atoms with Crippen LogP contribution >= 0.6 is 0 Å². The topological polar surface area (TPSA) is 32.3 Å². The number of likely N-dealkylation sites (tertiary alicyclic amines) is 1. The van der Waals surface area contributed by atoms with Crippen molar-refractivity contribution in [2.45, 2.75) is 38.4 Å². The van der Waals surface area contributed by atoms with Crippen LogP contribution in [0.15, 0.2) is 48.5 Å². The van der Waals surface area contributed by atoms with Gasteiger partial charge in [0.15, 0.2) is 0 Å². The average molecular weight is 344 g/mol. The van der Waals surface area contributed by atoms with Crippen LogP contribution in [-0.4, -0.2) is 23.4 Å². The summed E-state index contributed by atoms with van der Waals surface area (Å²) in [4.78, 5) is 14.0. The van der Waals surface area contributed by atoms with Gasteiger partial charge in [0, 0.05) is 25.6 Å². The Bertz CT molecular complexity index is 718. The summed E-state index contributed by atoms with van der Waals surface area (Å²) < 4.78 is 26.2. The largest absolute Gasteiger partial charge is 0.335 e. The molecular weight excluding hydrogens is 322 g/mol. The summed E-state index contributed by atoms with van der Waals surface area (Å²) >= 11 is 0. The molecule has 1 amide bonds. The van der Waals surface area contributed by atoms with Gasteiger partial charge in [-0.2, -0.15) is 0 Å². The fraction of sp³-hybridized carbons (Fsp3) is 0.350. The van der Waals surface area contributed by atoms with Gasteiger partial charge in [-0.1, -0.05) is 24.3 Å². The van der Waals surface area contributed by atoms with E-state index in [0.717, 1.165) is 30.5 Å². The first-order valence-electron chi connectivity index (χ1n) is 8.61. The number of benzene rings is 2. The van der Waals surface area contributed by atoms with Crippen LogP contribution in [0.1, 0.15) is 30.4 Å². The highest BCUT2D eigenvalue weighted by Gasteiger charge is 2.30. The minimum Gasteiger partial charge on any atom is -0.335 e. The Morgan fingerprint density at radius 1 is 1.04 bits per heavy atom.